The Hall–Kier alpha value is -2.67. The van der Waals surface area contributed by atoms with Crippen molar-refractivity contribution in [3.05, 3.63) is 45.3 Å². The molecule has 6 nitrogen and oxygen atoms in total. The molecule has 0 aliphatic carbocycles. The summed E-state index contributed by atoms with van der Waals surface area (Å²) in [6.07, 6.45) is 1.31. The fourth-order valence-corrected chi connectivity index (χ4v) is 3.51. The number of carbonyl (C=O) groups excluding carboxylic acids is 1. The third-order valence-corrected chi connectivity index (χ3v) is 5.10. The Bertz CT molecular complexity index is 1040. The molecule has 0 aliphatic rings. The number of aromatic nitrogens is 1. The molecule has 0 bridgehead atoms. The summed E-state index contributed by atoms with van der Waals surface area (Å²) < 4.78 is 16.4. The zero-order chi connectivity index (χ0) is 19.6. The van der Waals surface area contributed by atoms with Gasteiger partial charge in [0.1, 0.15) is 22.6 Å². The topological polar surface area (TPSA) is 78.6 Å². The molecular formula is C20H21NO5S. The molecule has 0 saturated heterocycles. The van der Waals surface area contributed by atoms with Gasteiger partial charge in [0.05, 0.1) is 17.6 Å². The molecule has 0 saturated carbocycles. The molecule has 142 valence electrons. The predicted octanol–water partition coefficient (Wildman–Crippen LogP) is 4.12. The third kappa shape index (κ3) is 3.88. The Morgan fingerprint density at radius 1 is 1.33 bits per heavy atom. The molecule has 27 heavy (non-hydrogen) atoms. The minimum absolute atomic E-state index is 0.134. The standard InChI is InChI=1S/C20H21NO5S/c1-5-13-7-14-17(8-16(13)26-12(4)20(23)24-6-2)25-9-15(18(14)22)19-21-11(3)10-27-19/h7-10,12H,5-6H2,1-4H3/t12-/m1/s1. The average molecular weight is 387 g/mol. The van der Waals surface area contributed by atoms with Crippen molar-refractivity contribution < 1.29 is 18.7 Å². The lowest BCUT2D eigenvalue weighted by Crippen LogP contribution is -2.26. The molecule has 1 atom stereocenters. The van der Waals surface area contributed by atoms with Crippen LogP contribution in [0.4, 0.5) is 0 Å². The first-order valence-corrected chi connectivity index (χ1v) is 9.66. The molecule has 0 aliphatic heterocycles. The number of thiazole rings is 1. The highest BCUT2D eigenvalue weighted by molar-refractivity contribution is 7.13. The van der Waals surface area contributed by atoms with Crippen LogP contribution in [-0.2, 0) is 16.0 Å². The monoisotopic (exact) mass is 387 g/mol. The first kappa shape index (κ1) is 19.1. The van der Waals surface area contributed by atoms with E-state index in [4.69, 9.17) is 13.9 Å². The van der Waals surface area contributed by atoms with Gasteiger partial charge in [-0.2, -0.15) is 0 Å². The Labute approximate surface area is 160 Å². The molecule has 2 heterocycles. The quantitative estimate of drug-likeness (QED) is 0.592. The van der Waals surface area contributed by atoms with Gasteiger partial charge in [-0.15, -0.1) is 11.3 Å². The van der Waals surface area contributed by atoms with Crippen LogP contribution in [-0.4, -0.2) is 23.7 Å². The Morgan fingerprint density at radius 2 is 2.11 bits per heavy atom. The second kappa shape index (κ2) is 7.92. The Morgan fingerprint density at radius 3 is 2.74 bits per heavy atom. The maximum absolute atomic E-state index is 12.9. The van der Waals surface area contributed by atoms with Crippen LogP contribution in [0.3, 0.4) is 0 Å². The highest BCUT2D eigenvalue weighted by atomic mass is 32.1. The van der Waals surface area contributed by atoms with E-state index < -0.39 is 12.1 Å². The minimum Gasteiger partial charge on any atom is -0.479 e. The average Bonchev–Trinajstić information content (AvgIpc) is 3.08. The zero-order valence-electron chi connectivity index (χ0n) is 15.7. The van der Waals surface area contributed by atoms with Gasteiger partial charge in [0.15, 0.2) is 6.10 Å². The summed E-state index contributed by atoms with van der Waals surface area (Å²) in [4.78, 5) is 29.1. The highest BCUT2D eigenvalue weighted by Crippen LogP contribution is 2.29. The number of fused-ring (bicyclic) bond motifs is 1. The van der Waals surface area contributed by atoms with E-state index >= 15 is 0 Å². The number of ether oxygens (including phenoxy) is 2. The van der Waals surface area contributed by atoms with Gasteiger partial charge in [-0.1, -0.05) is 6.92 Å². The number of rotatable bonds is 6. The van der Waals surface area contributed by atoms with Crippen molar-refractivity contribution in [2.24, 2.45) is 0 Å². The summed E-state index contributed by atoms with van der Waals surface area (Å²) in [7, 11) is 0. The maximum atomic E-state index is 12.9. The summed E-state index contributed by atoms with van der Waals surface area (Å²) in [6.45, 7) is 7.50. The SMILES string of the molecule is CCOC(=O)[C@@H](C)Oc1cc2occ(-c3nc(C)cs3)c(=O)c2cc1CC. The van der Waals surface area contributed by atoms with Gasteiger partial charge in [0, 0.05) is 17.1 Å². The number of hydrogen-bond acceptors (Lipinski definition) is 7. The summed E-state index contributed by atoms with van der Waals surface area (Å²) in [5, 5.41) is 3.00. The zero-order valence-corrected chi connectivity index (χ0v) is 16.5. The van der Waals surface area contributed by atoms with Crippen LogP contribution in [0, 0.1) is 6.92 Å². The third-order valence-electron chi connectivity index (χ3n) is 4.11. The Balaban J connectivity index is 2.04. The van der Waals surface area contributed by atoms with E-state index in [-0.39, 0.29) is 5.43 Å². The van der Waals surface area contributed by atoms with Crippen LogP contribution >= 0.6 is 11.3 Å². The van der Waals surface area contributed by atoms with Gasteiger partial charge in [0.25, 0.3) is 0 Å². The number of aryl methyl sites for hydroxylation is 2. The van der Waals surface area contributed by atoms with Crippen LogP contribution in [0.25, 0.3) is 21.5 Å². The second-order valence-corrected chi connectivity index (χ2v) is 6.95. The van der Waals surface area contributed by atoms with E-state index in [1.54, 1.807) is 26.0 Å². The van der Waals surface area contributed by atoms with Crippen molar-refractivity contribution in [1.29, 1.82) is 0 Å². The van der Waals surface area contributed by atoms with E-state index in [0.29, 0.717) is 40.3 Å². The molecule has 0 radical (unpaired) electrons. The van der Waals surface area contributed by atoms with E-state index in [0.717, 1.165) is 11.3 Å². The molecule has 3 aromatic rings. The van der Waals surface area contributed by atoms with E-state index in [1.165, 1.54) is 17.6 Å². The summed E-state index contributed by atoms with van der Waals surface area (Å²) in [6, 6.07) is 3.42. The van der Waals surface area contributed by atoms with Crippen molar-refractivity contribution in [2.75, 3.05) is 6.61 Å². The minimum atomic E-state index is -0.753. The van der Waals surface area contributed by atoms with Crippen LogP contribution in [0.15, 0.2) is 33.0 Å². The lowest BCUT2D eigenvalue weighted by Gasteiger charge is -2.16. The molecule has 0 N–H and O–H groups in total. The molecule has 0 unspecified atom stereocenters. The van der Waals surface area contributed by atoms with Crippen molar-refractivity contribution in [1.82, 2.24) is 4.98 Å². The number of hydrogen-bond donors (Lipinski definition) is 0. The van der Waals surface area contributed by atoms with Crippen molar-refractivity contribution in [3.63, 3.8) is 0 Å². The molecule has 0 amide bonds. The highest BCUT2D eigenvalue weighted by Gasteiger charge is 2.19. The van der Waals surface area contributed by atoms with Gasteiger partial charge >= 0.3 is 5.97 Å². The molecular weight excluding hydrogens is 366 g/mol. The summed E-state index contributed by atoms with van der Waals surface area (Å²) in [5.74, 6) is 0.0714. The fraction of sp³-hybridized carbons (Fsp3) is 0.350. The molecule has 2 aromatic heterocycles. The van der Waals surface area contributed by atoms with Gasteiger partial charge in [0.2, 0.25) is 5.43 Å². The van der Waals surface area contributed by atoms with E-state index in [1.807, 2.05) is 19.2 Å². The summed E-state index contributed by atoms with van der Waals surface area (Å²) in [5.41, 5.74) is 2.39. The normalized spacial score (nSPS) is 12.1. The lowest BCUT2D eigenvalue weighted by molar-refractivity contribution is -0.150. The van der Waals surface area contributed by atoms with Crippen LogP contribution in [0.1, 0.15) is 32.0 Å². The van der Waals surface area contributed by atoms with Crippen molar-refractivity contribution in [3.8, 4) is 16.3 Å². The fourth-order valence-electron chi connectivity index (χ4n) is 2.71. The van der Waals surface area contributed by atoms with E-state index in [2.05, 4.69) is 4.98 Å². The molecule has 0 spiro atoms. The van der Waals surface area contributed by atoms with Crippen molar-refractivity contribution in [2.45, 2.75) is 40.2 Å². The summed E-state index contributed by atoms with van der Waals surface area (Å²) >= 11 is 1.41. The lowest BCUT2D eigenvalue weighted by atomic mass is 10.1. The first-order valence-electron chi connectivity index (χ1n) is 8.78. The van der Waals surface area contributed by atoms with Crippen LogP contribution in [0.2, 0.25) is 0 Å². The van der Waals surface area contributed by atoms with Crippen LogP contribution < -0.4 is 10.2 Å². The first-order chi connectivity index (χ1) is 12.9. The number of carbonyl (C=O) groups is 1. The number of nitrogens with zero attached hydrogens (tertiary/aromatic N) is 1. The molecule has 1 aromatic carbocycles. The molecule has 7 heteroatoms. The molecule has 3 rings (SSSR count). The number of esters is 1. The maximum Gasteiger partial charge on any atom is 0.347 e. The Kier molecular flexibility index (Phi) is 5.60. The van der Waals surface area contributed by atoms with Gasteiger partial charge in [-0.05, 0) is 38.8 Å². The largest absolute Gasteiger partial charge is 0.479 e. The molecule has 0 fully saturated rings. The number of benzene rings is 1. The van der Waals surface area contributed by atoms with Crippen LogP contribution in [0.5, 0.6) is 5.75 Å². The smallest absolute Gasteiger partial charge is 0.347 e. The van der Waals surface area contributed by atoms with Gasteiger partial charge in [-0.3, -0.25) is 4.79 Å². The predicted molar refractivity (Wildman–Crippen MR) is 104 cm³/mol. The second-order valence-electron chi connectivity index (χ2n) is 6.09. The van der Waals surface area contributed by atoms with Crippen molar-refractivity contribution >= 4 is 28.3 Å². The van der Waals surface area contributed by atoms with E-state index in [9.17, 15) is 9.59 Å². The van der Waals surface area contributed by atoms with Gasteiger partial charge in [-0.25, -0.2) is 9.78 Å². The van der Waals surface area contributed by atoms with Gasteiger partial charge < -0.3 is 13.9 Å².